The average Bonchev–Trinajstić information content (AvgIpc) is 2.47. The SMILES string of the molecule is COc1ccc(C(C)=O)cc1S(=O)(=O)Nc1ccccc1. The highest BCUT2D eigenvalue weighted by Crippen LogP contribution is 2.27. The Morgan fingerprint density at radius 3 is 2.33 bits per heavy atom. The zero-order valence-electron chi connectivity index (χ0n) is 11.7. The van der Waals surface area contributed by atoms with Gasteiger partial charge in [0.15, 0.2) is 5.78 Å². The van der Waals surface area contributed by atoms with Crippen molar-refractivity contribution in [3.8, 4) is 5.75 Å². The zero-order valence-corrected chi connectivity index (χ0v) is 12.5. The molecule has 0 saturated carbocycles. The fraction of sp³-hybridized carbons (Fsp3) is 0.133. The largest absolute Gasteiger partial charge is 0.495 e. The first-order valence-corrected chi connectivity index (χ1v) is 7.69. The highest BCUT2D eigenvalue weighted by molar-refractivity contribution is 7.92. The topological polar surface area (TPSA) is 72.5 Å². The van der Waals surface area contributed by atoms with Crippen LogP contribution in [0.5, 0.6) is 5.75 Å². The number of benzene rings is 2. The molecule has 0 heterocycles. The Morgan fingerprint density at radius 2 is 1.76 bits per heavy atom. The van der Waals surface area contributed by atoms with E-state index in [0.29, 0.717) is 11.3 Å². The van der Waals surface area contributed by atoms with Gasteiger partial charge < -0.3 is 4.74 Å². The van der Waals surface area contributed by atoms with Gasteiger partial charge in [0, 0.05) is 11.3 Å². The van der Waals surface area contributed by atoms with Crippen molar-refractivity contribution in [1.82, 2.24) is 0 Å². The number of ether oxygens (including phenoxy) is 1. The molecule has 2 aromatic carbocycles. The fourth-order valence-corrected chi connectivity index (χ4v) is 3.08. The number of carbonyl (C=O) groups excluding carboxylic acids is 1. The molecule has 0 unspecified atom stereocenters. The third-order valence-electron chi connectivity index (χ3n) is 2.89. The molecule has 0 aromatic heterocycles. The molecule has 0 aliphatic carbocycles. The van der Waals surface area contributed by atoms with E-state index in [9.17, 15) is 13.2 Å². The van der Waals surface area contributed by atoms with E-state index in [2.05, 4.69) is 4.72 Å². The van der Waals surface area contributed by atoms with Gasteiger partial charge in [-0.2, -0.15) is 0 Å². The molecule has 21 heavy (non-hydrogen) atoms. The van der Waals surface area contributed by atoms with E-state index in [1.54, 1.807) is 30.3 Å². The monoisotopic (exact) mass is 305 g/mol. The molecule has 6 heteroatoms. The lowest BCUT2D eigenvalue weighted by atomic mass is 10.1. The van der Waals surface area contributed by atoms with Gasteiger partial charge in [-0.05, 0) is 37.3 Å². The van der Waals surface area contributed by atoms with E-state index in [-0.39, 0.29) is 16.4 Å². The minimum atomic E-state index is -3.84. The number of Topliss-reactive ketones (excluding diaryl/α,β-unsaturated/α-hetero) is 1. The van der Waals surface area contributed by atoms with Gasteiger partial charge in [-0.25, -0.2) is 8.42 Å². The van der Waals surface area contributed by atoms with Gasteiger partial charge in [-0.15, -0.1) is 0 Å². The summed E-state index contributed by atoms with van der Waals surface area (Å²) < 4.78 is 32.4. The lowest BCUT2D eigenvalue weighted by Crippen LogP contribution is -2.14. The third-order valence-corrected chi connectivity index (χ3v) is 4.29. The van der Waals surface area contributed by atoms with E-state index < -0.39 is 10.0 Å². The van der Waals surface area contributed by atoms with Gasteiger partial charge in [-0.3, -0.25) is 9.52 Å². The predicted molar refractivity (Wildman–Crippen MR) is 80.2 cm³/mol. The molecule has 0 spiro atoms. The molecule has 2 rings (SSSR count). The first kappa shape index (κ1) is 15.1. The van der Waals surface area contributed by atoms with Crippen LogP contribution in [0, 0.1) is 0 Å². The second-order valence-electron chi connectivity index (χ2n) is 4.39. The maximum Gasteiger partial charge on any atom is 0.265 e. The Balaban J connectivity index is 2.48. The Morgan fingerprint density at radius 1 is 1.10 bits per heavy atom. The van der Waals surface area contributed by atoms with Crippen molar-refractivity contribution in [2.24, 2.45) is 0 Å². The molecular formula is C15H15NO4S. The van der Waals surface area contributed by atoms with Crippen LogP contribution in [-0.4, -0.2) is 21.3 Å². The highest BCUT2D eigenvalue weighted by Gasteiger charge is 2.21. The number of nitrogens with one attached hydrogen (secondary N) is 1. The van der Waals surface area contributed by atoms with Crippen LogP contribution < -0.4 is 9.46 Å². The standard InChI is InChI=1S/C15H15NO4S/c1-11(17)12-8-9-14(20-2)15(10-12)21(18,19)16-13-6-4-3-5-7-13/h3-10,16H,1-2H3. The number of rotatable bonds is 5. The van der Waals surface area contributed by atoms with Crippen LogP contribution >= 0.6 is 0 Å². The van der Waals surface area contributed by atoms with Crippen LogP contribution in [0.1, 0.15) is 17.3 Å². The van der Waals surface area contributed by atoms with Crippen molar-refractivity contribution < 1.29 is 17.9 Å². The van der Waals surface area contributed by atoms with Crippen molar-refractivity contribution in [2.75, 3.05) is 11.8 Å². The summed E-state index contributed by atoms with van der Waals surface area (Å²) in [6, 6.07) is 12.8. The number of anilines is 1. The summed E-state index contributed by atoms with van der Waals surface area (Å²) in [7, 11) is -2.46. The van der Waals surface area contributed by atoms with Gasteiger partial charge in [0.25, 0.3) is 10.0 Å². The van der Waals surface area contributed by atoms with Crippen LogP contribution in [0.25, 0.3) is 0 Å². The van der Waals surface area contributed by atoms with E-state index in [4.69, 9.17) is 4.74 Å². The Kier molecular flexibility index (Phi) is 4.28. The number of carbonyl (C=O) groups is 1. The van der Waals surface area contributed by atoms with Crippen molar-refractivity contribution >= 4 is 21.5 Å². The maximum absolute atomic E-state index is 12.5. The van der Waals surface area contributed by atoms with Crippen LogP contribution in [0.15, 0.2) is 53.4 Å². The molecule has 0 aliphatic heterocycles. The molecule has 0 amide bonds. The molecule has 0 saturated heterocycles. The summed E-state index contributed by atoms with van der Waals surface area (Å²) in [5.41, 5.74) is 0.747. The zero-order chi connectivity index (χ0) is 15.5. The van der Waals surface area contributed by atoms with Crippen LogP contribution in [0.4, 0.5) is 5.69 Å². The number of hydrogen-bond donors (Lipinski definition) is 1. The average molecular weight is 305 g/mol. The number of ketones is 1. The summed E-state index contributed by atoms with van der Waals surface area (Å²) in [5.74, 6) is -0.0303. The normalized spacial score (nSPS) is 11.0. The molecular weight excluding hydrogens is 290 g/mol. The minimum absolute atomic E-state index is 0.0680. The Hall–Kier alpha value is -2.34. The highest BCUT2D eigenvalue weighted by atomic mass is 32.2. The Labute approximate surface area is 123 Å². The number of para-hydroxylation sites is 1. The summed E-state index contributed by atoms with van der Waals surface area (Å²) in [5, 5.41) is 0. The molecule has 110 valence electrons. The first-order chi connectivity index (χ1) is 9.94. The van der Waals surface area contributed by atoms with Gasteiger partial charge in [0.1, 0.15) is 10.6 Å². The van der Waals surface area contributed by atoms with Gasteiger partial charge in [0.2, 0.25) is 0 Å². The first-order valence-electron chi connectivity index (χ1n) is 6.21. The van der Waals surface area contributed by atoms with Crippen LogP contribution in [0.3, 0.4) is 0 Å². The lowest BCUT2D eigenvalue weighted by molar-refractivity contribution is 0.101. The van der Waals surface area contributed by atoms with Gasteiger partial charge in [-0.1, -0.05) is 18.2 Å². The predicted octanol–water partition coefficient (Wildman–Crippen LogP) is 2.70. The number of sulfonamides is 1. The quantitative estimate of drug-likeness (QED) is 0.862. The summed E-state index contributed by atoms with van der Waals surface area (Å²) >= 11 is 0. The molecule has 5 nitrogen and oxygen atoms in total. The maximum atomic E-state index is 12.5. The summed E-state index contributed by atoms with van der Waals surface area (Å²) in [4.78, 5) is 11.4. The van der Waals surface area contributed by atoms with Gasteiger partial charge in [0.05, 0.1) is 7.11 Å². The van der Waals surface area contributed by atoms with Crippen LogP contribution in [-0.2, 0) is 10.0 Å². The van der Waals surface area contributed by atoms with Crippen molar-refractivity contribution in [2.45, 2.75) is 11.8 Å². The van der Waals surface area contributed by atoms with E-state index in [1.165, 1.54) is 32.2 Å². The number of hydrogen-bond acceptors (Lipinski definition) is 4. The smallest absolute Gasteiger partial charge is 0.265 e. The molecule has 2 aromatic rings. The molecule has 0 atom stereocenters. The molecule has 0 aliphatic rings. The fourth-order valence-electron chi connectivity index (χ4n) is 1.82. The molecule has 0 fully saturated rings. The van der Waals surface area contributed by atoms with Crippen LogP contribution in [0.2, 0.25) is 0 Å². The van der Waals surface area contributed by atoms with E-state index in [1.807, 2.05) is 0 Å². The number of methoxy groups -OCH3 is 1. The minimum Gasteiger partial charge on any atom is -0.495 e. The third kappa shape index (κ3) is 3.41. The molecule has 0 bridgehead atoms. The Bertz CT molecular complexity index is 754. The van der Waals surface area contributed by atoms with Crippen molar-refractivity contribution in [3.63, 3.8) is 0 Å². The molecule has 0 radical (unpaired) electrons. The van der Waals surface area contributed by atoms with Crippen molar-refractivity contribution in [3.05, 3.63) is 54.1 Å². The van der Waals surface area contributed by atoms with E-state index >= 15 is 0 Å². The van der Waals surface area contributed by atoms with E-state index in [0.717, 1.165) is 0 Å². The lowest BCUT2D eigenvalue weighted by Gasteiger charge is -2.12. The summed E-state index contributed by atoms with van der Waals surface area (Å²) in [6.45, 7) is 1.38. The molecule has 1 N–H and O–H groups in total. The summed E-state index contributed by atoms with van der Waals surface area (Å²) in [6.07, 6.45) is 0. The van der Waals surface area contributed by atoms with Crippen molar-refractivity contribution in [1.29, 1.82) is 0 Å². The second kappa shape index (κ2) is 5.97. The second-order valence-corrected chi connectivity index (χ2v) is 6.04. The van der Waals surface area contributed by atoms with Gasteiger partial charge >= 0.3 is 0 Å².